The van der Waals surface area contributed by atoms with Gasteiger partial charge in [0.15, 0.2) is 0 Å². The Morgan fingerprint density at radius 3 is 1.94 bits per heavy atom. The molecule has 0 saturated carbocycles. The van der Waals surface area contributed by atoms with Crippen molar-refractivity contribution in [3.8, 4) is 0 Å². The molecule has 9 heteroatoms. The number of hydrogen-bond acceptors (Lipinski definition) is 5. The van der Waals surface area contributed by atoms with Gasteiger partial charge in [0.05, 0.1) is 0 Å². The van der Waals surface area contributed by atoms with E-state index in [1.165, 1.54) is 18.7 Å². The van der Waals surface area contributed by atoms with Gasteiger partial charge in [-0.3, -0.25) is 19.2 Å². The average molecular weight is 655 g/mol. The van der Waals surface area contributed by atoms with Crippen LogP contribution in [0.3, 0.4) is 0 Å². The van der Waals surface area contributed by atoms with Gasteiger partial charge >= 0.3 is 0 Å². The Hall–Kier alpha value is -5.93. The van der Waals surface area contributed by atoms with E-state index in [9.17, 15) is 19.2 Å². The van der Waals surface area contributed by atoms with E-state index in [-0.39, 0.29) is 17.5 Å². The van der Waals surface area contributed by atoms with E-state index in [4.69, 9.17) is 0 Å². The van der Waals surface area contributed by atoms with Gasteiger partial charge < -0.3 is 21.3 Å². The minimum atomic E-state index is -0.617. The summed E-state index contributed by atoms with van der Waals surface area (Å²) < 4.78 is 0. The number of benzene rings is 5. The maximum atomic E-state index is 13.7. The zero-order valence-electron chi connectivity index (χ0n) is 26.4. The summed E-state index contributed by atoms with van der Waals surface area (Å²) in [5.41, 5.74) is 4.76. The summed E-state index contributed by atoms with van der Waals surface area (Å²) in [7, 11) is 0. The first-order valence-corrected chi connectivity index (χ1v) is 16.1. The lowest BCUT2D eigenvalue weighted by Gasteiger charge is -2.18. The number of thioether (sulfide) groups is 1. The lowest BCUT2D eigenvalue weighted by molar-refractivity contribution is -0.116. The Bertz CT molecular complexity index is 1940. The highest BCUT2D eigenvalue weighted by molar-refractivity contribution is 8.00. The fourth-order valence-electron chi connectivity index (χ4n) is 4.78. The highest BCUT2D eigenvalue weighted by Crippen LogP contribution is 2.37. The summed E-state index contributed by atoms with van der Waals surface area (Å²) in [4.78, 5) is 52.5. The maximum absolute atomic E-state index is 13.7. The van der Waals surface area contributed by atoms with E-state index < -0.39 is 17.1 Å². The summed E-state index contributed by atoms with van der Waals surface area (Å²) in [6.45, 7) is 3.37. The SMILES string of the molecule is CC(=O)Nc1ccc(NC(=O)C(Sc2cccc(NC(=O)/C(=C/c3ccccc3C)NC(=O)c3ccccc3)c2)c2ccccc2)cc1. The number of aryl methyl sites for hydroxylation is 1. The highest BCUT2D eigenvalue weighted by atomic mass is 32.2. The molecule has 5 rings (SSSR count). The molecule has 48 heavy (non-hydrogen) atoms. The average Bonchev–Trinajstić information content (AvgIpc) is 3.09. The molecular formula is C39H34N4O4S. The molecule has 1 unspecified atom stereocenters. The van der Waals surface area contributed by atoms with Crippen molar-refractivity contribution in [2.45, 2.75) is 24.0 Å². The van der Waals surface area contributed by atoms with Crippen LogP contribution in [0.25, 0.3) is 6.08 Å². The molecule has 0 aliphatic carbocycles. The van der Waals surface area contributed by atoms with Crippen molar-refractivity contribution in [3.63, 3.8) is 0 Å². The molecule has 0 saturated heterocycles. The zero-order valence-corrected chi connectivity index (χ0v) is 27.2. The molecule has 0 fully saturated rings. The molecular weight excluding hydrogens is 621 g/mol. The minimum Gasteiger partial charge on any atom is -0.326 e. The predicted molar refractivity (Wildman–Crippen MR) is 193 cm³/mol. The Labute approximate surface area is 283 Å². The number of rotatable bonds is 11. The third kappa shape index (κ3) is 9.31. The topological polar surface area (TPSA) is 116 Å². The first-order chi connectivity index (χ1) is 23.2. The van der Waals surface area contributed by atoms with Crippen LogP contribution in [0.1, 0.15) is 39.2 Å². The van der Waals surface area contributed by atoms with E-state index >= 15 is 0 Å². The lowest BCUT2D eigenvalue weighted by atomic mass is 10.1. The van der Waals surface area contributed by atoms with Crippen molar-refractivity contribution >= 4 is 58.5 Å². The number of amides is 4. The molecule has 0 aliphatic rings. The standard InChI is InChI=1S/C39H34N4O4S/c1-26-12-9-10-17-30(26)24-35(43-37(45)29-15-7-4-8-16-29)38(46)42-33-18-11-19-34(25-33)48-36(28-13-5-3-6-14-28)39(47)41-32-22-20-31(21-23-32)40-27(2)44/h3-25,36H,1-2H3,(H,40,44)(H,41,47)(H,42,46)(H,43,45)/b35-24-. The maximum Gasteiger partial charge on any atom is 0.272 e. The van der Waals surface area contributed by atoms with Gasteiger partial charge in [-0.05, 0) is 84.3 Å². The molecule has 5 aromatic rings. The molecule has 0 aromatic heterocycles. The first-order valence-electron chi connectivity index (χ1n) is 15.2. The van der Waals surface area contributed by atoms with Crippen molar-refractivity contribution in [2.75, 3.05) is 16.0 Å². The van der Waals surface area contributed by atoms with Crippen LogP contribution in [0.15, 0.2) is 144 Å². The molecule has 240 valence electrons. The normalized spacial score (nSPS) is 11.6. The monoisotopic (exact) mass is 654 g/mol. The van der Waals surface area contributed by atoms with E-state index in [0.717, 1.165) is 21.6 Å². The summed E-state index contributed by atoms with van der Waals surface area (Å²) in [6, 6.07) is 39.8. The quantitative estimate of drug-likeness (QED) is 0.0856. The van der Waals surface area contributed by atoms with Gasteiger partial charge in [0, 0.05) is 34.4 Å². The van der Waals surface area contributed by atoms with E-state index in [2.05, 4.69) is 21.3 Å². The highest BCUT2D eigenvalue weighted by Gasteiger charge is 2.23. The lowest BCUT2D eigenvalue weighted by Crippen LogP contribution is -2.30. The van der Waals surface area contributed by atoms with Crippen molar-refractivity contribution in [3.05, 3.63) is 161 Å². The van der Waals surface area contributed by atoms with Crippen LogP contribution < -0.4 is 21.3 Å². The van der Waals surface area contributed by atoms with Gasteiger partial charge in [0.2, 0.25) is 11.8 Å². The molecule has 0 aliphatic heterocycles. The molecule has 0 heterocycles. The van der Waals surface area contributed by atoms with E-state index in [0.29, 0.717) is 22.6 Å². The van der Waals surface area contributed by atoms with Gasteiger partial charge in [-0.25, -0.2) is 0 Å². The number of carbonyl (C=O) groups excluding carboxylic acids is 4. The van der Waals surface area contributed by atoms with Crippen LogP contribution in [0.5, 0.6) is 0 Å². The third-order valence-corrected chi connectivity index (χ3v) is 8.42. The first kappa shape index (κ1) is 33.4. The molecule has 8 nitrogen and oxygen atoms in total. The molecule has 4 amide bonds. The van der Waals surface area contributed by atoms with Crippen LogP contribution in [0.4, 0.5) is 17.1 Å². The summed E-state index contributed by atoms with van der Waals surface area (Å²) in [6.07, 6.45) is 1.66. The number of hydrogen-bond donors (Lipinski definition) is 4. The number of carbonyl (C=O) groups is 4. The molecule has 0 spiro atoms. The van der Waals surface area contributed by atoms with Crippen molar-refractivity contribution < 1.29 is 19.2 Å². The molecule has 4 N–H and O–H groups in total. The van der Waals surface area contributed by atoms with Crippen LogP contribution in [0, 0.1) is 6.92 Å². The van der Waals surface area contributed by atoms with Gasteiger partial charge in [0.1, 0.15) is 10.9 Å². The van der Waals surface area contributed by atoms with Gasteiger partial charge in [0.25, 0.3) is 11.8 Å². The number of anilines is 3. The molecule has 5 aromatic carbocycles. The number of nitrogens with one attached hydrogen (secondary N) is 4. The smallest absolute Gasteiger partial charge is 0.272 e. The molecule has 0 radical (unpaired) electrons. The third-order valence-electron chi connectivity index (χ3n) is 7.18. The van der Waals surface area contributed by atoms with Crippen molar-refractivity contribution in [2.24, 2.45) is 0 Å². The Morgan fingerprint density at radius 1 is 0.646 bits per heavy atom. The Balaban J connectivity index is 1.36. The summed E-state index contributed by atoms with van der Waals surface area (Å²) >= 11 is 1.34. The zero-order chi connectivity index (χ0) is 33.9. The Kier molecular flexibility index (Phi) is 11.2. The van der Waals surface area contributed by atoms with Crippen molar-refractivity contribution in [1.29, 1.82) is 0 Å². The fourth-order valence-corrected chi connectivity index (χ4v) is 5.86. The second-order valence-corrected chi connectivity index (χ2v) is 12.1. The molecule has 0 bridgehead atoms. The van der Waals surface area contributed by atoms with E-state index in [1.807, 2.05) is 73.7 Å². The Morgan fingerprint density at radius 2 is 1.27 bits per heavy atom. The summed E-state index contributed by atoms with van der Waals surface area (Å²) in [5.74, 6) is -1.32. The largest absolute Gasteiger partial charge is 0.326 e. The second-order valence-electron chi connectivity index (χ2n) is 10.9. The fraction of sp³-hybridized carbons (Fsp3) is 0.0769. The second kappa shape index (κ2) is 16.1. The van der Waals surface area contributed by atoms with Crippen LogP contribution in [-0.2, 0) is 14.4 Å². The summed E-state index contributed by atoms with van der Waals surface area (Å²) in [5, 5.41) is 10.8. The van der Waals surface area contributed by atoms with E-state index in [1.54, 1.807) is 72.8 Å². The predicted octanol–water partition coefficient (Wildman–Crippen LogP) is 7.84. The van der Waals surface area contributed by atoms with Crippen LogP contribution >= 0.6 is 11.8 Å². The molecule has 1 atom stereocenters. The van der Waals surface area contributed by atoms with Gasteiger partial charge in [-0.15, -0.1) is 11.8 Å². The van der Waals surface area contributed by atoms with Crippen molar-refractivity contribution in [1.82, 2.24) is 5.32 Å². The van der Waals surface area contributed by atoms with Crippen LogP contribution in [0.2, 0.25) is 0 Å². The minimum absolute atomic E-state index is 0.0854. The van der Waals surface area contributed by atoms with Crippen LogP contribution in [-0.4, -0.2) is 23.6 Å². The van der Waals surface area contributed by atoms with Gasteiger partial charge in [-0.1, -0.05) is 78.9 Å². The van der Waals surface area contributed by atoms with Gasteiger partial charge in [-0.2, -0.15) is 0 Å².